The molecule has 4 fully saturated rings. The number of allylic oxidation sites excluding steroid dienone is 2. The number of hydrogen-bond donors (Lipinski definition) is 1. The summed E-state index contributed by atoms with van der Waals surface area (Å²) in [5.41, 5.74) is 3.96. The highest BCUT2D eigenvalue weighted by atomic mass is 32.1. The fourth-order valence-electron chi connectivity index (χ4n) is 6.82. The average Bonchev–Trinajstić information content (AvgIpc) is 2.50. The minimum Gasteiger partial charge on any atom is -0.172 e. The highest BCUT2D eigenvalue weighted by Gasteiger charge is 2.73. The van der Waals surface area contributed by atoms with E-state index in [1.54, 1.807) is 0 Å². The average molecular weight is 274 g/mol. The topological polar surface area (TPSA) is 0 Å². The van der Waals surface area contributed by atoms with Gasteiger partial charge in [-0.15, -0.1) is 0 Å². The van der Waals surface area contributed by atoms with Crippen LogP contribution < -0.4 is 0 Å². The highest BCUT2D eigenvalue weighted by molar-refractivity contribution is 7.81. The van der Waals surface area contributed by atoms with Crippen molar-refractivity contribution in [2.75, 3.05) is 0 Å². The van der Waals surface area contributed by atoms with Crippen LogP contribution in [-0.4, -0.2) is 4.75 Å². The van der Waals surface area contributed by atoms with Gasteiger partial charge in [0, 0.05) is 4.75 Å². The minimum atomic E-state index is 0.373. The van der Waals surface area contributed by atoms with Crippen LogP contribution in [0.4, 0.5) is 0 Å². The molecule has 0 nitrogen and oxygen atoms in total. The summed E-state index contributed by atoms with van der Waals surface area (Å²) in [5.74, 6) is 2.06. The molecule has 0 aromatic rings. The third-order valence-corrected chi connectivity index (χ3v) is 7.24. The van der Waals surface area contributed by atoms with E-state index in [1.807, 2.05) is 0 Å². The Hall–Kier alpha value is -0.170. The second-order valence-corrected chi connectivity index (χ2v) is 9.53. The van der Waals surface area contributed by atoms with Crippen LogP contribution in [0.25, 0.3) is 0 Å². The van der Waals surface area contributed by atoms with E-state index in [0.717, 1.165) is 23.7 Å². The van der Waals surface area contributed by atoms with Crippen LogP contribution in [-0.2, 0) is 0 Å². The quantitative estimate of drug-likeness (QED) is 0.531. The Balaban J connectivity index is 1.59. The highest BCUT2D eigenvalue weighted by Crippen LogP contribution is 2.81. The largest absolute Gasteiger partial charge is 0.172 e. The summed E-state index contributed by atoms with van der Waals surface area (Å²) < 4.78 is 0.373. The van der Waals surface area contributed by atoms with Gasteiger partial charge < -0.3 is 0 Å². The minimum absolute atomic E-state index is 0.373. The predicted molar refractivity (Wildman–Crippen MR) is 84.5 cm³/mol. The van der Waals surface area contributed by atoms with Crippen LogP contribution in [0.3, 0.4) is 0 Å². The van der Waals surface area contributed by atoms with Crippen LogP contribution >= 0.6 is 12.6 Å². The summed E-state index contributed by atoms with van der Waals surface area (Å²) in [7, 11) is 0. The maximum absolute atomic E-state index is 5.13. The van der Waals surface area contributed by atoms with Crippen LogP contribution in [0.5, 0.6) is 0 Å². The smallest absolute Gasteiger partial charge is 0.0143 e. The van der Waals surface area contributed by atoms with E-state index in [2.05, 4.69) is 20.1 Å². The van der Waals surface area contributed by atoms with Crippen molar-refractivity contribution >= 4 is 12.6 Å². The van der Waals surface area contributed by atoms with Gasteiger partial charge in [0.25, 0.3) is 0 Å². The van der Waals surface area contributed by atoms with Gasteiger partial charge >= 0.3 is 0 Å². The molecule has 5 atom stereocenters. The molecule has 5 unspecified atom stereocenters. The molecule has 4 aliphatic carbocycles. The van der Waals surface area contributed by atoms with Gasteiger partial charge in [0.15, 0.2) is 0 Å². The Labute approximate surface area is 123 Å². The third-order valence-electron chi connectivity index (χ3n) is 6.74. The zero-order valence-corrected chi connectivity index (χ0v) is 13.1. The van der Waals surface area contributed by atoms with Crippen LogP contribution in [0.1, 0.15) is 58.3 Å². The summed E-state index contributed by atoms with van der Waals surface area (Å²) in [6.45, 7) is 10.5. The molecule has 4 rings (SSSR count). The molecular formula is C18H26S. The van der Waals surface area contributed by atoms with Gasteiger partial charge in [-0.1, -0.05) is 24.3 Å². The van der Waals surface area contributed by atoms with Crippen molar-refractivity contribution in [2.45, 2.75) is 63.0 Å². The van der Waals surface area contributed by atoms with Gasteiger partial charge in [-0.25, -0.2) is 0 Å². The third kappa shape index (κ3) is 1.60. The Morgan fingerprint density at radius 2 is 1.89 bits per heavy atom. The fourth-order valence-corrected chi connectivity index (χ4v) is 7.67. The summed E-state index contributed by atoms with van der Waals surface area (Å²) in [5, 5.41) is 0. The maximum Gasteiger partial charge on any atom is 0.0143 e. The maximum atomic E-state index is 5.13. The fraction of sp³-hybridized carbons (Fsp3) is 0.778. The Bertz CT molecular complexity index is 474. The lowest BCUT2D eigenvalue weighted by molar-refractivity contribution is -0.00167. The predicted octanol–water partition coefficient (Wildman–Crippen LogP) is 5.17. The molecule has 4 saturated carbocycles. The lowest BCUT2D eigenvalue weighted by Crippen LogP contribution is -2.42. The second-order valence-electron chi connectivity index (χ2n) is 8.59. The van der Waals surface area contributed by atoms with E-state index in [-0.39, 0.29) is 0 Å². The van der Waals surface area contributed by atoms with Crippen molar-refractivity contribution in [2.24, 2.45) is 22.7 Å². The molecular weight excluding hydrogens is 248 g/mol. The van der Waals surface area contributed by atoms with Crippen molar-refractivity contribution in [3.8, 4) is 0 Å². The summed E-state index contributed by atoms with van der Waals surface area (Å²) in [4.78, 5) is 0. The van der Waals surface area contributed by atoms with E-state index < -0.39 is 0 Å². The standard InChI is InChI=1S/C18H26S/c1-12(2)4-13(3)6-16-7-14-5-15-8-17(19,9-16)11-18(14,15)10-16/h14-15,19H,1,3-11H2,2H3. The normalized spacial score (nSPS) is 52.9. The van der Waals surface area contributed by atoms with Crippen LogP contribution in [0, 0.1) is 22.7 Å². The monoisotopic (exact) mass is 274 g/mol. The first kappa shape index (κ1) is 12.6. The van der Waals surface area contributed by atoms with Gasteiger partial charge in [-0.05, 0) is 81.0 Å². The lowest BCUT2D eigenvalue weighted by atomic mass is 9.55. The Morgan fingerprint density at radius 1 is 1.16 bits per heavy atom. The summed E-state index contributed by atoms with van der Waals surface area (Å²) >= 11 is 5.13. The first-order valence-corrected chi connectivity index (χ1v) is 8.33. The number of rotatable bonds is 4. The van der Waals surface area contributed by atoms with Crippen LogP contribution in [0.15, 0.2) is 24.3 Å². The van der Waals surface area contributed by atoms with Gasteiger partial charge in [-0.3, -0.25) is 0 Å². The zero-order chi connectivity index (χ0) is 13.5. The van der Waals surface area contributed by atoms with Crippen LogP contribution in [0.2, 0.25) is 0 Å². The molecule has 0 saturated heterocycles. The van der Waals surface area contributed by atoms with Crippen molar-refractivity contribution in [3.63, 3.8) is 0 Å². The number of fused-ring (bicyclic) bond motifs is 2. The molecule has 104 valence electrons. The first-order valence-electron chi connectivity index (χ1n) is 7.88. The lowest BCUT2D eigenvalue weighted by Gasteiger charge is -2.50. The first-order chi connectivity index (χ1) is 8.85. The van der Waals surface area contributed by atoms with E-state index in [0.29, 0.717) is 10.2 Å². The zero-order valence-electron chi connectivity index (χ0n) is 12.2. The van der Waals surface area contributed by atoms with Crippen molar-refractivity contribution in [1.29, 1.82) is 0 Å². The van der Waals surface area contributed by atoms with Crippen molar-refractivity contribution in [1.82, 2.24) is 0 Å². The summed E-state index contributed by atoms with van der Waals surface area (Å²) in [6, 6.07) is 0. The Kier molecular flexibility index (Phi) is 2.33. The van der Waals surface area contributed by atoms with E-state index >= 15 is 0 Å². The molecule has 0 N–H and O–H groups in total. The Morgan fingerprint density at radius 3 is 2.63 bits per heavy atom. The van der Waals surface area contributed by atoms with E-state index in [4.69, 9.17) is 12.6 Å². The van der Waals surface area contributed by atoms with E-state index in [9.17, 15) is 0 Å². The number of thiol groups is 1. The molecule has 1 heteroatoms. The van der Waals surface area contributed by atoms with Gasteiger partial charge in [-0.2, -0.15) is 12.6 Å². The SMILES string of the molecule is C=C(C)CC(=C)CC12CC3CC4CC(S)(C1)CC43C2. The summed E-state index contributed by atoms with van der Waals surface area (Å²) in [6.07, 6.45) is 10.9. The molecule has 0 aromatic heterocycles. The molecule has 4 aliphatic rings. The molecule has 3 bridgehead atoms. The van der Waals surface area contributed by atoms with Gasteiger partial charge in [0.1, 0.15) is 0 Å². The molecule has 0 heterocycles. The molecule has 0 aromatic carbocycles. The van der Waals surface area contributed by atoms with Gasteiger partial charge in [0.2, 0.25) is 0 Å². The molecule has 0 radical (unpaired) electrons. The van der Waals surface area contributed by atoms with Crippen molar-refractivity contribution < 1.29 is 0 Å². The second kappa shape index (κ2) is 3.53. The molecule has 19 heavy (non-hydrogen) atoms. The van der Waals surface area contributed by atoms with Gasteiger partial charge in [0.05, 0.1) is 0 Å². The van der Waals surface area contributed by atoms with E-state index in [1.165, 1.54) is 56.1 Å². The molecule has 1 spiro atoms. The molecule has 0 aliphatic heterocycles. The molecule has 0 amide bonds. The number of hydrogen-bond acceptors (Lipinski definition) is 1. The van der Waals surface area contributed by atoms with Crippen molar-refractivity contribution in [3.05, 3.63) is 24.3 Å².